The van der Waals surface area contributed by atoms with E-state index in [1.54, 1.807) is 0 Å². The largest absolute Gasteiger partial charge is 0.385 e. The van der Waals surface area contributed by atoms with Crippen molar-refractivity contribution in [2.45, 2.75) is 45.1 Å². The number of rotatable bonds is 1. The normalized spacial score (nSPS) is 26.5. The number of aromatic nitrogens is 1. The van der Waals surface area contributed by atoms with Crippen LogP contribution in [0.2, 0.25) is 0 Å². The molecule has 1 aliphatic rings. The third-order valence-corrected chi connectivity index (χ3v) is 4.38. The second-order valence-corrected chi connectivity index (χ2v) is 6.63. The van der Waals surface area contributed by atoms with Crippen molar-refractivity contribution in [3.05, 3.63) is 42.2 Å². The zero-order valence-electron chi connectivity index (χ0n) is 11.7. The van der Waals surface area contributed by atoms with E-state index in [1.807, 2.05) is 24.5 Å². The van der Waals surface area contributed by atoms with Gasteiger partial charge in [0.15, 0.2) is 0 Å². The van der Waals surface area contributed by atoms with Gasteiger partial charge >= 0.3 is 0 Å². The lowest BCUT2D eigenvalue weighted by Gasteiger charge is -2.42. The highest BCUT2D eigenvalue weighted by molar-refractivity contribution is 5.85. The number of hydrogen-bond acceptors (Lipinski definition) is 2. The molecule has 0 spiro atoms. The maximum Gasteiger partial charge on any atom is 0.0922 e. The molecule has 0 bridgehead atoms. The molecule has 0 amide bonds. The van der Waals surface area contributed by atoms with Gasteiger partial charge in [0.2, 0.25) is 0 Å². The lowest BCUT2D eigenvalue weighted by Crippen LogP contribution is -2.36. The second kappa shape index (κ2) is 4.31. The molecule has 0 aliphatic heterocycles. The van der Waals surface area contributed by atoms with E-state index in [0.29, 0.717) is 0 Å². The minimum absolute atomic E-state index is 0.198. The lowest BCUT2D eigenvalue weighted by atomic mass is 9.67. The zero-order chi connectivity index (χ0) is 13.5. The van der Waals surface area contributed by atoms with Gasteiger partial charge in [0.25, 0.3) is 0 Å². The van der Waals surface area contributed by atoms with E-state index >= 15 is 0 Å². The highest BCUT2D eigenvalue weighted by Crippen LogP contribution is 2.47. The first-order valence-corrected chi connectivity index (χ1v) is 7.06. The molecule has 1 N–H and O–H groups in total. The van der Waals surface area contributed by atoms with Crippen LogP contribution in [0.3, 0.4) is 0 Å². The predicted octanol–water partition coefficient (Wildman–Crippen LogP) is 4.02. The van der Waals surface area contributed by atoms with E-state index in [2.05, 4.69) is 31.0 Å². The average molecular weight is 255 g/mol. The quantitative estimate of drug-likeness (QED) is 0.834. The Balaban J connectivity index is 2.13. The van der Waals surface area contributed by atoms with Crippen molar-refractivity contribution in [2.24, 2.45) is 5.41 Å². The first-order valence-electron chi connectivity index (χ1n) is 7.06. The van der Waals surface area contributed by atoms with Crippen molar-refractivity contribution in [3.63, 3.8) is 0 Å². The van der Waals surface area contributed by atoms with Crippen LogP contribution < -0.4 is 0 Å². The minimum atomic E-state index is -0.727. The van der Waals surface area contributed by atoms with E-state index in [0.717, 1.165) is 35.6 Å². The van der Waals surface area contributed by atoms with Gasteiger partial charge in [-0.25, -0.2) is 0 Å². The van der Waals surface area contributed by atoms with Gasteiger partial charge in [-0.1, -0.05) is 38.1 Å². The van der Waals surface area contributed by atoms with Crippen LogP contribution in [0.4, 0.5) is 0 Å². The van der Waals surface area contributed by atoms with Crippen molar-refractivity contribution in [1.29, 1.82) is 0 Å². The number of benzene rings is 1. The van der Waals surface area contributed by atoms with Crippen LogP contribution in [-0.4, -0.2) is 10.1 Å². The monoisotopic (exact) mass is 255 g/mol. The Kier molecular flexibility index (Phi) is 2.86. The van der Waals surface area contributed by atoms with E-state index in [4.69, 9.17) is 0 Å². The molecule has 1 saturated carbocycles. The fourth-order valence-corrected chi connectivity index (χ4v) is 3.55. The molecule has 1 unspecified atom stereocenters. The van der Waals surface area contributed by atoms with Gasteiger partial charge in [-0.05, 0) is 36.5 Å². The fraction of sp³-hybridized carbons (Fsp3) is 0.471. The van der Waals surface area contributed by atoms with E-state index < -0.39 is 5.60 Å². The van der Waals surface area contributed by atoms with Gasteiger partial charge in [0.1, 0.15) is 0 Å². The molecular weight excluding hydrogens is 234 g/mol. The fourth-order valence-electron chi connectivity index (χ4n) is 3.55. The number of nitrogens with zero attached hydrogens (tertiary/aromatic N) is 1. The van der Waals surface area contributed by atoms with Gasteiger partial charge in [-0.2, -0.15) is 0 Å². The molecule has 1 aromatic carbocycles. The van der Waals surface area contributed by atoms with E-state index in [9.17, 15) is 5.11 Å². The predicted molar refractivity (Wildman–Crippen MR) is 77.9 cm³/mol. The molecule has 1 aliphatic carbocycles. The van der Waals surface area contributed by atoms with Crippen LogP contribution >= 0.6 is 0 Å². The SMILES string of the molecule is CC1(C)CCCC(O)(c2cncc3ccccc23)C1. The Morgan fingerprint density at radius 1 is 1.11 bits per heavy atom. The smallest absolute Gasteiger partial charge is 0.0922 e. The van der Waals surface area contributed by atoms with Crippen LogP contribution in [-0.2, 0) is 5.60 Å². The topological polar surface area (TPSA) is 33.1 Å². The Labute approximate surface area is 114 Å². The summed E-state index contributed by atoms with van der Waals surface area (Å²) in [6, 6.07) is 8.20. The third-order valence-electron chi connectivity index (χ3n) is 4.38. The van der Waals surface area contributed by atoms with Crippen LogP contribution in [0.15, 0.2) is 36.7 Å². The van der Waals surface area contributed by atoms with Gasteiger partial charge in [0.05, 0.1) is 5.60 Å². The highest BCUT2D eigenvalue weighted by Gasteiger charge is 2.40. The van der Waals surface area contributed by atoms with Crippen molar-refractivity contribution in [2.75, 3.05) is 0 Å². The van der Waals surface area contributed by atoms with Gasteiger partial charge in [0, 0.05) is 23.3 Å². The molecule has 1 atom stereocenters. The van der Waals surface area contributed by atoms with Crippen LogP contribution in [0.1, 0.15) is 45.1 Å². The maximum atomic E-state index is 11.1. The minimum Gasteiger partial charge on any atom is -0.385 e. The summed E-state index contributed by atoms with van der Waals surface area (Å²) in [7, 11) is 0. The molecule has 19 heavy (non-hydrogen) atoms. The molecule has 0 radical (unpaired) electrons. The summed E-state index contributed by atoms with van der Waals surface area (Å²) in [5, 5.41) is 13.4. The molecule has 2 heteroatoms. The molecule has 100 valence electrons. The Bertz CT molecular complexity index is 600. The Morgan fingerprint density at radius 2 is 1.89 bits per heavy atom. The van der Waals surface area contributed by atoms with Crippen molar-refractivity contribution in [3.8, 4) is 0 Å². The second-order valence-electron chi connectivity index (χ2n) is 6.63. The van der Waals surface area contributed by atoms with Crippen molar-refractivity contribution < 1.29 is 5.11 Å². The number of pyridine rings is 1. The van der Waals surface area contributed by atoms with Gasteiger partial charge in [-0.3, -0.25) is 4.98 Å². The van der Waals surface area contributed by atoms with Crippen molar-refractivity contribution in [1.82, 2.24) is 4.98 Å². The molecular formula is C17H21NO. The van der Waals surface area contributed by atoms with E-state index in [-0.39, 0.29) is 5.41 Å². The standard InChI is InChI=1S/C17H21NO/c1-16(2)8-5-9-17(19,12-16)15-11-18-10-13-6-3-4-7-14(13)15/h3-4,6-7,10-11,19H,5,8-9,12H2,1-2H3. The highest BCUT2D eigenvalue weighted by atomic mass is 16.3. The Hall–Kier alpha value is -1.41. The van der Waals surface area contributed by atoms with Gasteiger partial charge in [-0.15, -0.1) is 0 Å². The lowest BCUT2D eigenvalue weighted by molar-refractivity contribution is -0.0430. The van der Waals surface area contributed by atoms with Crippen LogP contribution in [0.5, 0.6) is 0 Å². The zero-order valence-corrected chi connectivity index (χ0v) is 11.7. The summed E-state index contributed by atoms with van der Waals surface area (Å²) in [6.07, 6.45) is 7.64. The molecule has 1 aromatic heterocycles. The molecule has 2 aromatic rings. The maximum absolute atomic E-state index is 11.1. The van der Waals surface area contributed by atoms with E-state index in [1.165, 1.54) is 6.42 Å². The number of aliphatic hydroxyl groups is 1. The molecule has 1 fully saturated rings. The van der Waals surface area contributed by atoms with Gasteiger partial charge < -0.3 is 5.11 Å². The summed E-state index contributed by atoms with van der Waals surface area (Å²) in [5.74, 6) is 0. The summed E-state index contributed by atoms with van der Waals surface area (Å²) < 4.78 is 0. The number of hydrogen-bond donors (Lipinski definition) is 1. The summed E-state index contributed by atoms with van der Waals surface area (Å²) in [5.41, 5.74) is 0.470. The third kappa shape index (κ3) is 2.25. The molecule has 3 rings (SSSR count). The molecule has 0 saturated heterocycles. The summed E-state index contributed by atoms with van der Waals surface area (Å²) in [4.78, 5) is 4.32. The average Bonchev–Trinajstić information content (AvgIpc) is 2.36. The van der Waals surface area contributed by atoms with Crippen molar-refractivity contribution >= 4 is 10.8 Å². The first kappa shape index (κ1) is 12.6. The summed E-state index contributed by atoms with van der Waals surface area (Å²) in [6.45, 7) is 4.49. The first-order chi connectivity index (χ1) is 9.00. The molecule has 2 nitrogen and oxygen atoms in total. The summed E-state index contributed by atoms with van der Waals surface area (Å²) >= 11 is 0. The van der Waals surface area contributed by atoms with Crippen LogP contribution in [0.25, 0.3) is 10.8 Å². The number of fused-ring (bicyclic) bond motifs is 1. The Morgan fingerprint density at radius 3 is 2.68 bits per heavy atom. The van der Waals surface area contributed by atoms with Crippen LogP contribution in [0, 0.1) is 5.41 Å². The molecule has 1 heterocycles.